The predicted molar refractivity (Wildman–Crippen MR) is 59.6 cm³/mol. The van der Waals surface area contributed by atoms with Gasteiger partial charge in [-0.2, -0.15) is 0 Å². The van der Waals surface area contributed by atoms with E-state index in [1.807, 2.05) is 0 Å². The molecule has 13 heavy (non-hydrogen) atoms. The van der Waals surface area contributed by atoms with E-state index in [1.54, 1.807) is 0 Å². The van der Waals surface area contributed by atoms with Crippen molar-refractivity contribution in [3.8, 4) is 0 Å². The summed E-state index contributed by atoms with van der Waals surface area (Å²) in [5.41, 5.74) is 2.05. The standard InChI is InChI=1S/C13H24/c1-9(2)7-11-12(8-10(3)4)13(11,5)6/h7,10-12H,8H2,1-6H3. The zero-order valence-electron chi connectivity index (χ0n) is 10.0. The number of rotatable bonds is 3. The molecule has 0 heterocycles. The van der Waals surface area contributed by atoms with Gasteiger partial charge in [0, 0.05) is 0 Å². The molecular weight excluding hydrogens is 156 g/mol. The normalized spacial score (nSPS) is 30.4. The van der Waals surface area contributed by atoms with E-state index in [2.05, 4.69) is 47.6 Å². The summed E-state index contributed by atoms with van der Waals surface area (Å²) in [6, 6.07) is 0. The minimum absolute atomic E-state index is 0.571. The van der Waals surface area contributed by atoms with Crippen LogP contribution in [0.25, 0.3) is 0 Å². The number of hydrogen-bond donors (Lipinski definition) is 0. The molecule has 0 saturated heterocycles. The summed E-state index contributed by atoms with van der Waals surface area (Å²) in [5.74, 6) is 2.63. The molecule has 0 aliphatic heterocycles. The van der Waals surface area contributed by atoms with E-state index in [1.165, 1.54) is 12.0 Å². The topological polar surface area (TPSA) is 0 Å². The molecule has 2 atom stereocenters. The fourth-order valence-electron chi connectivity index (χ4n) is 2.43. The van der Waals surface area contributed by atoms with E-state index in [0.717, 1.165) is 17.8 Å². The SMILES string of the molecule is CC(C)=CC1C(CC(C)C)C1(C)C. The average molecular weight is 180 g/mol. The lowest BCUT2D eigenvalue weighted by atomic mass is 10.0. The highest BCUT2D eigenvalue weighted by Crippen LogP contribution is 2.61. The van der Waals surface area contributed by atoms with Crippen molar-refractivity contribution in [3.05, 3.63) is 11.6 Å². The smallest absolute Gasteiger partial charge is 0.0143 e. The molecule has 76 valence electrons. The highest BCUT2D eigenvalue weighted by atomic mass is 14.6. The van der Waals surface area contributed by atoms with E-state index < -0.39 is 0 Å². The molecule has 0 bridgehead atoms. The van der Waals surface area contributed by atoms with Gasteiger partial charge in [0.15, 0.2) is 0 Å². The highest BCUT2D eigenvalue weighted by Gasteiger charge is 2.55. The monoisotopic (exact) mass is 180 g/mol. The third-order valence-electron chi connectivity index (χ3n) is 3.38. The zero-order valence-corrected chi connectivity index (χ0v) is 10.0. The maximum absolute atomic E-state index is 2.47. The van der Waals surface area contributed by atoms with Crippen molar-refractivity contribution in [3.63, 3.8) is 0 Å². The first-order valence-corrected chi connectivity index (χ1v) is 5.50. The lowest BCUT2D eigenvalue weighted by molar-refractivity contribution is 0.462. The maximum atomic E-state index is 2.47. The van der Waals surface area contributed by atoms with Crippen molar-refractivity contribution in [1.29, 1.82) is 0 Å². The summed E-state index contributed by atoms with van der Waals surface area (Å²) in [5, 5.41) is 0. The lowest BCUT2D eigenvalue weighted by Gasteiger charge is -2.04. The summed E-state index contributed by atoms with van der Waals surface area (Å²) in [6.07, 6.45) is 3.86. The van der Waals surface area contributed by atoms with Crippen LogP contribution in [0.2, 0.25) is 0 Å². The van der Waals surface area contributed by atoms with Crippen LogP contribution in [0.4, 0.5) is 0 Å². The Labute approximate surface area is 83.4 Å². The van der Waals surface area contributed by atoms with Crippen molar-refractivity contribution in [2.24, 2.45) is 23.2 Å². The van der Waals surface area contributed by atoms with Crippen LogP contribution in [0.15, 0.2) is 11.6 Å². The summed E-state index contributed by atoms with van der Waals surface area (Å²) in [6.45, 7) is 13.9. The third-order valence-corrected chi connectivity index (χ3v) is 3.38. The average Bonchev–Trinajstić information content (AvgIpc) is 2.36. The van der Waals surface area contributed by atoms with E-state index >= 15 is 0 Å². The fourth-order valence-corrected chi connectivity index (χ4v) is 2.43. The Kier molecular flexibility index (Phi) is 2.89. The van der Waals surface area contributed by atoms with Gasteiger partial charge in [-0.15, -0.1) is 0 Å². The molecule has 0 aromatic carbocycles. The summed E-state index contributed by atoms with van der Waals surface area (Å²) >= 11 is 0. The maximum Gasteiger partial charge on any atom is -0.0143 e. The lowest BCUT2D eigenvalue weighted by Crippen LogP contribution is -1.94. The fraction of sp³-hybridized carbons (Fsp3) is 0.846. The summed E-state index contributed by atoms with van der Waals surface area (Å²) in [4.78, 5) is 0. The molecule has 2 unspecified atom stereocenters. The Morgan fingerprint density at radius 2 is 1.85 bits per heavy atom. The molecule has 1 aliphatic rings. The first-order chi connectivity index (χ1) is 5.85. The molecular formula is C13H24. The second-order valence-corrected chi connectivity index (χ2v) is 5.83. The van der Waals surface area contributed by atoms with Crippen molar-refractivity contribution in [1.82, 2.24) is 0 Å². The van der Waals surface area contributed by atoms with Crippen molar-refractivity contribution < 1.29 is 0 Å². The van der Waals surface area contributed by atoms with Gasteiger partial charge in [0.05, 0.1) is 0 Å². The molecule has 0 radical (unpaired) electrons. The Morgan fingerprint density at radius 3 is 2.23 bits per heavy atom. The first-order valence-electron chi connectivity index (χ1n) is 5.50. The van der Waals surface area contributed by atoms with Crippen LogP contribution in [-0.4, -0.2) is 0 Å². The van der Waals surface area contributed by atoms with E-state index in [4.69, 9.17) is 0 Å². The Morgan fingerprint density at radius 1 is 1.31 bits per heavy atom. The van der Waals surface area contributed by atoms with Crippen molar-refractivity contribution in [2.45, 2.75) is 48.0 Å². The Hall–Kier alpha value is -0.260. The van der Waals surface area contributed by atoms with Gasteiger partial charge < -0.3 is 0 Å². The number of hydrogen-bond acceptors (Lipinski definition) is 0. The van der Waals surface area contributed by atoms with Crippen LogP contribution in [0.3, 0.4) is 0 Å². The first kappa shape index (κ1) is 10.8. The molecule has 1 aliphatic carbocycles. The van der Waals surface area contributed by atoms with E-state index in [9.17, 15) is 0 Å². The van der Waals surface area contributed by atoms with E-state index in [0.29, 0.717) is 5.41 Å². The molecule has 0 spiro atoms. The van der Waals surface area contributed by atoms with Crippen LogP contribution in [0, 0.1) is 23.2 Å². The molecule has 0 N–H and O–H groups in total. The molecule has 0 aromatic heterocycles. The van der Waals surface area contributed by atoms with Gasteiger partial charge in [0.25, 0.3) is 0 Å². The minimum Gasteiger partial charge on any atom is -0.0819 e. The summed E-state index contributed by atoms with van der Waals surface area (Å²) in [7, 11) is 0. The van der Waals surface area contributed by atoms with Crippen LogP contribution < -0.4 is 0 Å². The van der Waals surface area contributed by atoms with Crippen molar-refractivity contribution >= 4 is 0 Å². The van der Waals surface area contributed by atoms with Crippen LogP contribution in [0.1, 0.15) is 48.0 Å². The quantitative estimate of drug-likeness (QED) is 0.569. The minimum atomic E-state index is 0.571. The van der Waals surface area contributed by atoms with Crippen molar-refractivity contribution in [2.75, 3.05) is 0 Å². The third kappa shape index (κ3) is 2.36. The summed E-state index contributed by atoms with van der Waals surface area (Å²) < 4.78 is 0. The molecule has 1 rings (SSSR count). The highest BCUT2D eigenvalue weighted by molar-refractivity contribution is 5.16. The van der Waals surface area contributed by atoms with Gasteiger partial charge >= 0.3 is 0 Å². The van der Waals surface area contributed by atoms with Gasteiger partial charge in [-0.25, -0.2) is 0 Å². The molecule has 0 amide bonds. The van der Waals surface area contributed by atoms with Gasteiger partial charge in [-0.3, -0.25) is 0 Å². The zero-order chi connectivity index (χ0) is 10.2. The Balaban J connectivity index is 2.56. The number of allylic oxidation sites excluding steroid dienone is 2. The largest absolute Gasteiger partial charge is 0.0819 e. The Bertz CT molecular complexity index is 204. The van der Waals surface area contributed by atoms with Gasteiger partial charge in [-0.05, 0) is 43.4 Å². The van der Waals surface area contributed by atoms with Crippen LogP contribution >= 0.6 is 0 Å². The second kappa shape index (κ2) is 3.48. The van der Waals surface area contributed by atoms with E-state index in [-0.39, 0.29) is 0 Å². The van der Waals surface area contributed by atoms with Gasteiger partial charge in [-0.1, -0.05) is 39.3 Å². The predicted octanol–water partition coefficient (Wildman–Crippen LogP) is 4.27. The van der Waals surface area contributed by atoms with Gasteiger partial charge in [0.2, 0.25) is 0 Å². The van der Waals surface area contributed by atoms with Gasteiger partial charge in [0.1, 0.15) is 0 Å². The molecule has 0 nitrogen and oxygen atoms in total. The van der Waals surface area contributed by atoms with Crippen LogP contribution in [0.5, 0.6) is 0 Å². The second-order valence-electron chi connectivity index (χ2n) is 5.83. The van der Waals surface area contributed by atoms with Crippen LogP contribution in [-0.2, 0) is 0 Å². The molecule has 1 saturated carbocycles. The molecule has 0 aromatic rings. The molecule has 1 fully saturated rings. The molecule has 0 heteroatoms.